The predicted molar refractivity (Wildman–Crippen MR) is 133 cm³/mol. The quantitative estimate of drug-likeness (QED) is 0.448. The third-order valence-corrected chi connectivity index (χ3v) is 7.41. The summed E-state index contributed by atoms with van der Waals surface area (Å²) in [4.78, 5) is 7.50. The Labute approximate surface area is 194 Å². The molecule has 0 spiro atoms. The van der Waals surface area contributed by atoms with Crippen molar-refractivity contribution in [2.75, 3.05) is 28.1 Å². The lowest BCUT2D eigenvalue weighted by atomic mass is 9.88. The lowest BCUT2D eigenvalue weighted by Gasteiger charge is -2.43. The van der Waals surface area contributed by atoms with E-state index in [0.717, 1.165) is 36.2 Å². The molecule has 4 aliphatic rings. The SMILES string of the molecule is C1=NN2CN1C1CCCCC1N1CN(c3cccc(c3)Oc3cccc2c3)c2ccccc21. The van der Waals surface area contributed by atoms with Crippen molar-refractivity contribution in [3.05, 3.63) is 72.8 Å². The first-order valence-electron chi connectivity index (χ1n) is 11.9. The van der Waals surface area contributed by atoms with Gasteiger partial charge < -0.3 is 19.4 Å². The highest BCUT2D eigenvalue weighted by Gasteiger charge is 2.40. The summed E-state index contributed by atoms with van der Waals surface area (Å²) in [5.41, 5.74) is 4.81. The van der Waals surface area contributed by atoms with Gasteiger partial charge in [0.2, 0.25) is 0 Å². The molecule has 1 aliphatic carbocycles. The molecule has 0 aromatic heterocycles. The third-order valence-electron chi connectivity index (χ3n) is 7.41. The molecule has 3 aromatic carbocycles. The molecule has 33 heavy (non-hydrogen) atoms. The second kappa shape index (κ2) is 7.44. The van der Waals surface area contributed by atoms with E-state index in [1.165, 1.54) is 37.1 Å². The Kier molecular flexibility index (Phi) is 4.25. The average Bonchev–Trinajstić information content (AvgIpc) is 3.50. The molecule has 6 heteroatoms. The number of benzene rings is 3. The van der Waals surface area contributed by atoms with Crippen molar-refractivity contribution in [2.24, 2.45) is 5.10 Å². The van der Waals surface area contributed by atoms with Gasteiger partial charge >= 0.3 is 0 Å². The summed E-state index contributed by atoms with van der Waals surface area (Å²) in [6.07, 6.45) is 7.00. The van der Waals surface area contributed by atoms with Crippen LogP contribution in [0.25, 0.3) is 0 Å². The van der Waals surface area contributed by atoms with Crippen molar-refractivity contribution in [3.8, 4) is 11.5 Å². The molecule has 7 rings (SSSR count). The average molecular weight is 438 g/mol. The highest BCUT2D eigenvalue weighted by atomic mass is 16.5. The van der Waals surface area contributed by atoms with Crippen LogP contribution in [0.4, 0.5) is 22.7 Å². The maximum absolute atomic E-state index is 6.30. The second-order valence-corrected chi connectivity index (χ2v) is 9.33. The van der Waals surface area contributed by atoms with Crippen LogP contribution in [0.3, 0.4) is 0 Å². The van der Waals surface area contributed by atoms with E-state index >= 15 is 0 Å². The van der Waals surface area contributed by atoms with Gasteiger partial charge in [0.25, 0.3) is 0 Å². The second-order valence-electron chi connectivity index (χ2n) is 9.33. The van der Waals surface area contributed by atoms with Crippen LogP contribution in [0.15, 0.2) is 77.9 Å². The molecular weight excluding hydrogens is 410 g/mol. The molecule has 3 heterocycles. The van der Waals surface area contributed by atoms with Crippen LogP contribution in [0.1, 0.15) is 25.7 Å². The molecule has 1 saturated carbocycles. The Balaban J connectivity index is 1.38. The topological polar surface area (TPSA) is 34.5 Å². The Morgan fingerprint density at radius 1 is 0.727 bits per heavy atom. The zero-order valence-electron chi connectivity index (χ0n) is 18.5. The lowest BCUT2D eigenvalue weighted by molar-refractivity contribution is 0.223. The zero-order chi connectivity index (χ0) is 21.8. The molecule has 0 amide bonds. The smallest absolute Gasteiger partial charge is 0.129 e. The summed E-state index contributed by atoms with van der Waals surface area (Å²) < 4.78 is 6.30. The van der Waals surface area contributed by atoms with Crippen LogP contribution in [0.5, 0.6) is 11.5 Å². The van der Waals surface area contributed by atoms with Crippen LogP contribution in [0, 0.1) is 0 Å². The van der Waals surface area contributed by atoms with Crippen molar-refractivity contribution >= 4 is 29.1 Å². The zero-order valence-corrected chi connectivity index (χ0v) is 18.5. The monoisotopic (exact) mass is 437 g/mol. The molecule has 0 N–H and O–H groups in total. The van der Waals surface area contributed by atoms with E-state index in [4.69, 9.17) is 9.84 Å². The number of rotatable bonds is 0. The van der Waals surface area contributed by atoms with Crippen LogP contribution in [0.2, 0.25) is 0 Å². The van der Waals surface area contributed by atoms with Crippen LogP contribution in [-0.4, -0.2) is 36.7 Å². The minimum absolute atomic E-state index is 0.441. The van der Waals surface area contributed by atoms with Crippen LogP contribution >= 0.6 is 0 Å². The van der Waals surface area contributed by atoms with E-state index < -0.39 is 0 Å². The number of para-hydroxylation sites is 2. The minimum Gasteiger partial charge on any atom is -0.457 e. The summed E-state index contributed by atoms with van der Waals surface area (Å²) in [5.74, 6) is 1.67. The van der Waals surface area contributed by atoms with Crippen molar-refractivity contribution in [2.45, 2.75) is 37.8 Å². The fourth-order valence-corrected chi connectivity index (χ4v) is 5.84. The highest BCUT2D eigenvalue weighted by Crippen LogP contribution is 2.45. The highest BCUT2D eigenvalue weighted by molar-refractivity contribution is 5.83. The number of nitrogens with zero attached hydrogens (tertiary/aromatic N) is 5. The van der Waals surface area contributed by atoms with Gasteiger partial charge in [0.1, 0.15) is 24.5 Å². The van der Waals surface area contributed by atoms with E-state index in [1.54, 1.807) is 0 Å². The van der Waals surface area contributed by atoms with Gasteiger partial charge in [-0.05, 0) is 49.2 Å². The number of ether oxygens (including phenoxy) is 1. The fraction of sp³-hybridized carbons (Fsp3) is 0.296. The van der Waals surface area contributed by atoms with E-state index in [-0.39, 0.29) is 0 Å². The Bertz CT molecular complexity index is 1230. The predicted octanol–water partition coefficient (Wildman–Crippen LogP) is 5.74. The van der Waals surface area contributed by atoms with Crippen LogP contribution < -0.4 is 19.5 Å². The van der Waals surface area contributed by atoms with Gasteiger partial charge in [0.15, 0.2) is 0 Å². The standard InChI is InChI=1S/C27H27N5O/c1-2-12-25-24(11-1)29-17-28-32(18-29)21-8-6-10-23(16-21)33-22-9-5-7-20(15-22)30-19-31(25)27-14-4-3-13-26(27)30/h3-10,13-17,24-25H,1-2,11-12,18-19H2. The minimum atomic E-state index is 0.441. The van der Waals surface area contributed by atoms with Gasteiger partial charge in [-0.15, -0.1) is 0 Å². The molecule has 1 fully saturated rings. The van der Waals surface area contributed by atoms with Gasteiger partial charge in [-0.2, -0.15) is 5.10 Å². The molecular formula is C27H27N5O. The largest absolute Gasteiger partial charge is 0.457 e. The fourth-order valence-electron chi connectivity index (χ4n) is 5.84. The van der Waals surface area contributed by atoms with Gasteiger partial charge in [-0.1, -0.05) is 37.1 Å². The number of anilines is 4. The van der Waals surface area contributed by atoms with Crippen LogP contribution in [-0.2, 0) is 0 Å². The molecule has 166 valence electrons. The molecule has 0 saturated heterocycles. The Morgan fingerprint density at radius 3 is 2.30 bits per heavy atom. The van der Waals surface area contributed by atoms with E-state index in [0.29, 0.717) is 12.1 Å². The van der Waals surface area contributed by atoms with Crippen molar-refractivity contribution in [1.29, 1.82) is 0 Å². The number of hydrogen-bond acceptors (Lipinski definition) is 6. The summed E-state index contributed by atoms with van der Waals surface area (Å²) >= 11 is 0. The maximum Gasteiger partial charge on any atom is 0.129 e. The van der Waals surface area contributed by atoms with E-state index in [9.17, 15) is 0 Å². The molecule has 0 radical (unpaired) electrons. The molecule has 3 aliphatic heterocycles. The van der Waals surface area contributed by atoms with Gasteiger partial charge in [0, 0.05) is 17.8 Å². The van der Waals surface area contributed by atoms with Gasteiger partial charge in [0.05, 0.1) is 35.8 Å². The van der Waals surface area contributed by atoms with Crippen molar-refractivity contribution in [3.63, 3.8) is 0 Å². The summed E-state index contributed by atoms with van der Waals surface area (Å²) in [7, 11) is 0. The van der Waals surface area contributed by atoms with E-state index in [1.807, 2.05) is 24.5 Å². The molecule has 2 unspecified atom stereocenters. The first-order chi connectivity index (χ1) is 16.3. The molecule has 8 bridgehead atoms. The van der Waals surface area contributed by atoms with Gasteiger partial charge in [-0.3, -0.25) is 0 Å². The Hall–Kier alpha value is -3.67. The summed E-state index contributed by atoms with van der Waals surface area (Å²) in [6, 6.07) is 26.4. The molecule has 2 atom stereocenters. The molecule has 6 nitrogen and oxygen atoms in total. The third kappa shape index (κ3) is 3.12. The van der Waals surface area contributed by atoms with Crippen molar-refractivity contribution < 1.29 is 4.74 Å². The normalized spacial score (nSPS) is 22.9. The lowest BCUT2D eigenvalue weighted by Crippen LogP contribution is -2.54. The summed E-state index contributed by atoms with van der Waals surface area (Å²) in [5, 5.41) is 6.85. The summed E-state index contributed by atoms with van der Waals surface area (Å²) in [6.45, 7) is 1.63. The maximum atomic E-state index is 6.30. The molecule has 3 aromatic rings. The number of hydrazone groups is 1. The first-order valence-corrected chi connectivity index (χ1v) is 11.9. The number of fused-ring (bicyclic) bond motifs is 16. The Morgan fingerprint density at radius 2 is 1.45 bits per heavy atom. The van der Waals surface area contributed by atoms with E-state index in [2.05, 4.69) is 74.3 Å². The number of hydrogen-bond donors (Lipinski definition) is 0. The first kappa shape index (κ1) is 18.9. The van der Waals surface area contributed by atoms with Gasteiger partial charge in [-0.25, -0.2) is 5.01 Å². The van der Waals surface area contributed by atoms with Crippen molar-refractivity contribution in [1.82, 2.24) is 4.90 Å².